The lowest BCUT2D eigenvalue weighted by molar-refractivity contribution is 0.102. The van der Waals surface area contributed by atoms with E-state index in [1.54, 1.807) is 24.0 Å². The van der Waals surface area contributed by atoms with Crippen LogP contribution in [-0.2, 0) is 18.2 Å². The summed E-state index contributed by atoms with van der Waals surface area (Å²) in [6.07, 6.45) is 3.51. The van der Waals surface area contributed by atoms with Gasteiger partial charge < -0.3 is 15.8 Å². The number of rotatable bonds is 5. The monoisotopic (exact) mass is 313 g/mol. The largest absolute Gasteiger partial charge is 0.463 e. The molecule has 2 heterocycles. The van der Waals surface area contributed by atoms with Gasteiger partial charge in [0.15, 0.2) is 5.69 Å². The van der Waals surface area contributed by atoms with Gasteiger partial charge in [-0.25, -0.2) is 4.99 Å². The second-order valence-electron chi connectivity index (χ2n) is 5.50. The quantitative estimate of drug-likeness (QED) is 0.870. The average Bonchev–Trinajstić information content (AvgIpc) is 3.15. The Labute approximate surface area is 134 Å². The van der Waals surface area contributed by atoms with Crippen molar-refractivity contribution in [2.24, 2.45) is 17.8 Å². The number of amides is 1. The number of nitrogens with zero attached hydrogens (tertiary/aromatic N) is 3. The molecule has 0 aliphatic carbocycles. The van der Waals surface area contributed by atoms with E-state index < -0.39 is 0 Å². The van der Waals surface area contributed by atoms with E-state index in [1.807, 2.05) is 24.3 Å². The Hall–Kier alpha value is -2.83. The van der Waals surface area contributed by atoms with E-state index >= 15 is 0 Å². The van der Waals surface area contributed by atoms with E-state index in [1.165, 1.54) is 5.56 Å². The van der Waals surface area contributed by atoms with Crippen molar-refractivity contribution in [2.45, 2.75) is 18.9 Å². The van der Waals surface area contributed by atoms with Crippen molar-refractivity contribution >= 4 is 17.6 Å². The van der Waals surface area contributed by atoms with Crippen LogP contribution in [0.4, 0.5) is 5.69 Å². The second-order valence-corrected chi connectivity index (χ2v) is 5.50. The topological polar surface area (TPSA) is 94.5 Å². The Morgan fingerprint density at radius 2 is 2.17 bits per heavy atom. The Bertz CT molecular complexity index is 720. The van der Waals surface area contributed by atoms with Crippen molar-refractivity contribution in [3.63, 3.8) is 0 Å². The van der Waals surface area contributed by atoms with Crippen LogP contribution in [0.5, 0.6) is 0 Å². The van der Waals surface area contributed by atoms with Crippen LogP contribution in [0.25, 0.3) is 0 Å². The zero-order valence-electron chi connectivity index (χ0n) is 12.9. The molecule has 0 radical (unpaired) electrons. The van der Waals surface area contributed by atoms with Gasteiger partial charge in [0.05, 0.1) is 6.04 Å². The number of aliphatic imine (C=N–C) groups is 1. The molecule has 1 aromatic carbocycles. The minimum atomic E-state index is -0.216. The minimum absolute atomic E-state index is 0.138. The number of nitrogens with two attached hydrogens (primary N) is 1. The first-order chi connectivity index (χ1) is 11.1. The number of carbonyl (C=O) groups is 1. The molecule has 2 aromatic rings. The highest BCUT2D eigenvalue weighted by Crippen LogP contribution is 2.15. The summed E-state index contributed by atoms with van der Waals surface area (Å²) in [4.78, 5) is 16.2. The van der Waals surface area contributed by atoms with Crippen LogP contribution in [0, 0.1) is 0 Å². The highest BCUT2D eigenvalue weighted by Gasteiger charge is 2.16. The highest BCUT2D eigenvalue weighted by molar-refractivity contribution is 6.02. The van der Waals surface area contributed by atoms with Crippen LogP contribution in [0.15, 0.2) is 41.5 Å². The van der Waals surface area contributed by atoms with Gasteiger partial charge in [-0.05, 0) is 36.6 Å². The molecule has 1 aliphatic rings. The van der Waals surface area contributed by atoms with Gasteiger partial charge in [0.25, 0.3) is 11.9 Å². The summed E-state index contributed by atoms with van der Waals surface area (Å²) in [5.41, 5.74) is 7.82. The summed E-state index contributed by atoms with van der Waals surface area (Å²) in [7, 11) is 1.78. The van der Waals surface area contributed by atoms with E-state index in [-0.39, 0.29) is 18.0 Å². The van der Waals surface area contributed by atoms with Gasteiger partial charge in [0, 0.05) is 18.9 Å². The molecule has 1 aliphatic heterocycles. The Balaban J connectivity index is 1.53. The maximum absolute atomic E-state index is 12.0. The number of aryl methyl sites for hydroxylation is 2. The van der Waals surface area contributed by atoms with Crippen molar-refractivity contribution in [1.29, 1.82) is 0 Å². The third-order valence-corrected chi connectivity index (χ3v) is 3.66. The van der Waals surface area contributed by atoms with Crippen LogP contribution in [0.3, 0.4) is 0 Å². The van der Waals surface area contributed by atoms with E-state index in [9.17, 15) is 4.79 Å². The second kappa shape index (κ2) is 6.51. The van der Waals surface area contributed by atoms with Crippen molar-refractivity contribution in [1.82, 2.24) is 9.78 Å². The van der Waals surface area contributed by atoms with Crippen LogP contribution < -0.4 is 11.1 Å². The maximum Gasteiger partial charge on any atom is 0.282 e. The fourth-order valence-corrected chi connectivity index (χ4v) is 2.40. The molecular formula is C16H19N5O2. The third-order valence-electron chi connectivity index (χ3n) is 3.66. The number of hydrogen-bond acceptors (Lipinski definition) is 5. The van der Waals surface area contributed by atoms with E-state index in [0.717, 1.165) is 18.5 Å². The summed E-state index contributed by atoms with van der Waals surface area (Å²) in [5, 5.41) is 6.90. The molecule has 23 heavy (non-hydrogen) atoms. The van der Waals surface area contributed by atoms with Gasteiger partial charge in [-0.3, -0.25) is 9.48 Å². The van der Waals surface area contributed by atoms with Gasteiger partial charge in [-0.15, -0.1) is 0 Å². The molecule has 0 saturated heterocycles. The molecule has 0 spiro atoms. The van der Waals surface area contributed by atoms with Gasteiger partial charge >= 0.3 is 0 Å². The van der Waals surface area contributed by atoms with Gasteiger partial charge in [0.2, 0.25) is 0 Å². The van der Waals surface area contributed by atoms with Crippen molar-refractivity contribution in [3.05, 3.63) is 47.8 Å². The SMILES string of the molecule is Cn1ccc(C(=O)Nc2ccc(CC[C@H]3COC(N)=N3)cc2)n1. The fraction of sp³-hybridized carbons (Fsp3) is 0.312. The minimum Gasteiger partial charge on any atom is -0.463 e. The molecule has 7 nitrogen and oxygen atoms in total. The zero-order chi connectivity index (χ0) is 16.2. The number of ether oxygens (including phenoxy) is 1. The number of aromatic nitrogens is 2. The van der Waals surface area contributed by atoms with Crippen LogP contribution >= 0.6 is 0 Å². The lowest BCUT2D eigenvalue weighted by Crippen LogP contribution is -2.13. The Morgan fingerprint density at radius 1 is 1.39 bits per heavy atom. The summed E-state index contributed by atoms with van der Waals surface area (Å²) in [5.74, 6) is -0.216. The molecule has 0 saturated carbocycles. The third kappa shape index (κ3) is 3.88. The molecule has 0 fully saturated rings. The predicted molar refractivity (Wildman–Crippen MR) is 87.3 cm³/mol. The smallest absolute Gasteiger partial charge is 0.282 e. The number of carbonyl (C=O) groups excluding carboxylic acids is 1. The van der Waals surface area contributed by atoms with Crippen LogP contribution in [0.2, 0.25) is 0 Å². The number of anilines is 1. The fourth-order valence-electron chi connectivity index (χ4n) is 2.40. The van der Waals surface area contributed by atoms with Crippen molar-refractivity contribution < 1.29 is 9.53 Å². The molecule has 0 unspecified atom stereocenters. The zero-order valence-corrected chi connectivity index (χ0v) is 12.9. The highest BCUT2D eigenvalue weighted by atomic mass is 16.5. The molecule has 3 rings (SSSR count). The van der Waals surface area contributed by atoms with Gasteiger partial charge in [-0.1, -0.05) is 12.1 Å². The first-order valence-corrected chi connectivity index (χ1v) is 7.46. The molecule has 7 heteroatoms. The Kier molecular flexibility index (Phi) is 4.27. The first-order valence-electron chi connectivity index (χ1n) is 7.46. The lowest BCUT2D eigenvalue weighted by Gasteiger charge is -2.07. The Morgan fingerprint density at radius 3 is 2.78 bits per heavy atom. The number of hydrogen-bond donors (Lipinski definition) is 2. The summed E-state index contributed by atoms with van der Waals surface area (Å²) in [6.45, 7) is 0.560. The van der Waals surface area contributed by atoms with Crippen molar-refractivity contribution in [3.8, 4) is 0 Å². The molecule has 120 valence electrons. The number of amidine groups is 1. The number of nitrogens with one attached hydrogen (secondary N) is 1. The molecular weight excluding hydrogens is 294 g/mol. The summed E-state index contributed by atoms with van der Waals surface area (Å²) < 4.78 is 6.73. The van der Waals surface area contributed by atoms with Crippen LogP contribution in [-0.4, -0.2) is 34.4 Å². The first kappa shape index (κ1) is 15.1. The molecule has 1 atom stereocenters. The normalized spacial score (nSPS) is 16.7. The van der Waals surface area contributed by atoms with Gasteiger partial charge in [-0.2, -0.15) is 5.10 Å². The molecule has 0 bridgehead atoms. The van der Waals surface area contributed by atoms with Crippen LogP contribution in [0.1, 0.15) is 22.5 Å². The standard InChI is InChI=1S/C16H19N5O2/c1-21-9-8-14(20-21)15(22)18-12-5-2-11(3-6-12)4-7-13-10-23-16(17)19-13/h2-3,5-6,8-9,13H,4,7,10H2,1H3,(H2,17,19)(H,18,22)/t13-/m0/s1. The van der Waals surface area contributed by atoms with Gasteiger partial charge in [0.1, 0.15) is 6.61 Å². The van der Waals surface area contributed by atoms with E-state index in [4.69, 9.17) is 10.5 Å². The lowest BCUT2D eigenvalue weighted by atomic mass is 10.1. The van der Waals surface area contributed by atoms with E-state index in [0.29, 0.717) is 12.3 Å². The van der Waals surface area contributed by atoms with Crippen molar-refractivity contribution in [2.75, 3.05) is 11.9 Å². The summed E-state index contributed by atoms with van der Waals surface area (Å²) >= 11 is 0. The maximum atomic E-state index is 12.0. The molecule has 1 aromatic heterocycles. The van der Waals surface area contributed by atoms with E-state index in [2.05, 4.69) is 15.4 Å². The average molecular weight is 313 g/mol. The predicted octanol–water partition coefficient (Wildman–Crippen LogP) is 1.32. The number of benzene rings is 1. The summed E-state index contributed by atoms with van der Waals surface area (Å²) in [6, 6.07) is 9.87. The molecule has 3 N–H and O–H groups in total. The molecule has 1 amide bonds.